The van der Waals surface area contributed by atoms with Crippen molar-refractivity contribution in [3.63, 3.8) is 0 Å². The lowest BCUT2D eigenvalue weighted by Crippen LogP contribution is -2.33. The Balaban J connectivity index is 0.000000555. The zero-order valence-corrected chi connectivity index (χ0v) is 20.1. The molecular weight excluding hydrogens is 441 g/mol. The molecular formula is C25H35NO6P-3. The van der Waals surface area contributed by atoms with Gasteiger partial charge in [-0.15, -0.1) is 0 Å². The summed E-state index contributed by atoms with van der Waals surface area (Å²) in [5.41, 5.74) is 1.45. The van der Waals surface area contributed by atoms with Gasteiger partial charge in [0, 0.05) is 19.8 Å². The SMILES string of the molecule is O=P([O-])([O-])[O-].c1ccc2c(CC(COCCN3CCCCC3)CC3CCCO3)cccc2c1. The van der Waals surface area contributed by atoms with E-state index in [-0.39, 0.29) is 0 Å². The van der Waals surface area contributed by atoms with Crippen LogP contribution in [0.2, 0.25) is 0 Å². The zero-order valence-electron chi connectivity index (χ0n) is 19.2. The Morgan fingerprint density at radius 3 is 2.48 bits per heavy atom. The van der Waals surface area contributed by atoms with Gasteiger partial charge in [-0.05, 0) is 73.9 Å². The van der Waals surface area contributed by atoms with Crippen molar-refractivity contribution < 1.29 is 28.7 Å². The molecule has 0 spiro atoms. The average Bonchev–Trinajstić information content (AvgIpc) is 3.30. The number of rotatable bonds is 9. The van der Waals surface area contributed by atoms with Crippen molar-refractivity contribution in [2.24, 2.45) is 5.92 Å². The van der Waals surface area contributed by atoms with E-state index in [1.54, 1.807) is 0 Å². The number of hydrogen-bond acceptors (Lipinski definition) is 7. The molecule has 33 heavy (non-hydrogen) atoms. The van der Waals surface area contributed by atoms with Crippen LogP contribution in [-0.2, 0) is 20.5 Å². The largest absolute Gasteiger partial charge is 0.822 e. The molecule has 7 nitrogen and oxygen atoms in total. The van der Waals surface area contributed by atoms with E-state index < -0.39 is 7.82 Å². The van der Waals surface area contributed by atoms with Crippen LogP contribution >= 0.6 is 7.82 Å². The normalized spacial score (nSPS) is 20.4. The molecule has 4 rings (SSSR count). The summed E-state index contributed by atoms with van der Waals surface area (Å²) in [4.78, 5) is 28.2. The fraction of sp³-hybridized carbons (Fsp3) is 0.600. The highest BCUT2D eigenvalue weighted by molar-refractivity contribution is 7.40. The lowest BCUT2D eigenvalue weighted by atomic mass is 9.91. The predicted octanol–water partition coefficient (Wildman–Crippen LogP) is 2.25. The number of benzene rings is 2. The maximum Gasteiger partial charge on any atom is 0.0593 e. The first-order chi connectivity index (χ1) is 15.9. The molecule has 2 heterocycles. The number of ether oxygens (including phenoxy) is 2. The summed E-state index contributed by atoms with van der Waals surface area (Å²) in [6, 6.07) is 15.4. The molecule has 2 aliphatic rings. The molecule has 0 saturated carbocycles. The van der Waals surface area contributed by atoms with E-state index in [1.807, 2.05) is 0 Å². The van der Waals surface area contributed by atoms with Crippen LogP contribution in [-0.4, -0.2) is 50.5 Å². The van der Waals surface area contributed by atoms with Crippen molar-refractivity contribution in [2.75, 3.05) is 39.5 Å². The van der Waals surface area contributed by atoms with Crippen molar-refractivity contribution >= 4 is 18.6 Å². The molecule has 0 aromatic heterocycles. The highest BCUT2D eigenvalue weighted by atomic mass is 31.2. The summed E-state index contributed by atoms with van der Waals surface area (Å²) < 4.78 is 20.7. The Kier molecular flexibility index (Phi) is 10.8. The lowest BCUT2D eigenvalue weighted by Gasteiger charge is -2.36. The van der Waals surface area contributed by atoms with Crippen LogP contribution in [0.5, 0.6) is 0 Å². The van der Waals surface area contributed by atoms with Gasteiger partial charge < -0.3 is 33.6 Å². The third-order valence-electron chi connectivity index (χ3n) is 6.36. The third kappa shape index (κ3) is 10.2. The first-order valence-electron chi connectivity index (χ1n) is 12.0. The van der Waals surface area contributed by atoms with Crippen LogP contribution in [0.4, 0.5) is 0 Å². The standard InChI is InChI=1S/C25H35NO2.H3O4P/c1-4-13-26(14-5-1)15-17-27-20-21(19-24-11-7-16-28-24)18-23-10-6-9-22-8-2-3-12-25(22)23;1-5(2,3)4/h2-3,6,8-10,12,21,24H,1,4-5,7,11,13-20H2;(H3,1,2,3,4)/p-3. The highest BCUT2D eigenvalue weighted by Crippen LogP contribution is 2.26. The van der Waals surface area contributed by atoms with Gasteiger partial charge in [0.15, 0.2) is 0 Å². The molecule has 0 bridgehead atoms. The number of nitrogens with zero attached hydrogens (tertiary/aromatic N) is 1. The molecule has 184 valence electrons. The Morgan fingerprint density at radius 2 is 1.76 bits per heavy atom. The lowest BCUT2D eigenvalue weighted by molar-refractivity contribution is -0.432. The third-order valence-corrected chi connectivity index (χ3v) is 6.36. The smallest absolute Gasteiger partial charge is 0.0593 e. The van der Waals surface area contributed by atoms with Gasteiger partial charge >= 0.3 is 0 Å². The second kappa shape index (κ2) is 13.5. The molecule has 2 aliphatic heterocycles. The number of fused-ring (bicyclic) bond motifs is 1. The molecule has 2 aromatic rings. The number of hydrogen-bond donors (Lipinski definition) is 0. The van der Waals surface area contributed by atoms with Gasteiger partial charge in [-0.3, -0.25) is 0 Å². The van der Waals surface area contributed by atoms with E-state index >= 15 is 0 Å². The highest BCUT2D eigenvalue weighted by Gasteiger charge is 2.22. The van der Waals surface area contributed by atoms with Crippen LogP contribution in [0.15, 0.2) is 42.5 Å². The molecule has 2 unspecified atom stereocenters. The number of likely N-dealkylation sites (tertiary alicyclic amines) is 1. The van der Waals surface area contributed by atoms with Crippen LogP contribution in [0.1, 0.15) is 44.1 Å². The van der Waals surface area contributed by atoms with E-state index in [1.165, 1.54) is 61.5 Å². The Morgan fingerprint density at radius 1 is 1.03 bits per heavy atom. The maximum absolute atomic E-state index is 8.55. The summed E-state index contributed by atoms with van der Waals surface area (Å²) in [7, 11) is -5.39. The minimum atomic E-state index is -5.39. The molecule has 2 fully saturated rings. The van der Waals surface area contributed by atoms with E-state index in [0.717, 1.165) is 39.2 Å². The molecule has 2 atom stereocenters. The minimum Gasteiger partial charge on any atom is -0.822 e. The van der Waals surface area contributed by atoms with E-state index in [4.69, 9.17) is 28.7 Å². The monoisotopic (exact) mass is 476 g/mol. The van der Waals surface area contributed by atoms with Crippen molar-refractivity contribution in [3.05, 3.63) is 48.0 Å². The van der Waals surface area contributed by atoms with E-state index in [2.05, 4.69) is 47.4 Å². The second-order valence-electron chi connectivity index (χ2n) is 9.00. The van der Waals surface area contributed by atoms with Gasteiger partial charge in [0.25, 0.3) is 0 Å². The summed E-state index contributed by atoms with van der Waals surface area (Å²) >= 11 is 0. The molecule has 0 amide bonds. The first-order valence-corrected chi connectivity index (χ1v) is 13.5. The first kappa shape index (κ1) is 26.3. The zero-order chi connectivity index (χ0) is 23.5. The quantitative estimate of drug-likeness (QED) is 0.403. The van der Waals surface area contributed by atoms with Crippen molar-refractivity contribution in [3.8, 4) is 0 Å². The van der Waals surface area contributed by atoms with Gasteiger partial charge in [0.1, 0.15) is 0 Å². The fourth-order valence-electron chi connectivity index (χ4n) is 4.82. The van der Waals surface area contributed by atoms with E-state index in [0.29, 0.717) is 12.0 Å². The Bertz CT molecular complexity index is 863. The Hall–Kier alpha value is -1.31. The topological polar surface area (TPSA) is 108 Å². The summed E-state index contributed by atoms with van der Waals surface area (Å²) in [5, 5.41) is 2.72. The summed E-state index contributed by atoms with van der Waals surface area (Å²) in [5.74, 6) is 0.523. The maximum atomic E-state index is 8.55. The predicted molar refractivity (Wildman–Crippen MR) is 123 cm³/mol. The second-order valence-corrected chi connectivity index (χ2v) is 9.90. The van der Waals surface area contributed by atoms with Gasteiger partial charge in [0.2, 0.25) is 0 Å². The molecule has 0 N–H and O–H groups in total. The number of piperidine rings is 1. The van der Waals surface area contributed by atoms with Gasteiger partial charge in [-0.2, -0.15) is 7.82 Å². The average molecular weight is 477 g/mol. The summed E-state index contributed by atoms with van der Waals surface area (Å²) in [6.45, 7) is 6.22. The summed E-state index contributed by atoms with van der Waals surface area (Å²) in [6.07, 6.45) is 9.13. The molecule has 0 radical (unpaired) electrons. The molecule has 0 aliphatic carbocycles. The van der Waals surface area contributed by atoms with Gasteiger partial charge in [-0.1, -0.05) is 48.9 Å². The minimum absolute atomic E-state index is 0.422. The van der Waals surface area contributed by atoms with Crippen LogP contribution in [0.25, 0.3) is 10.8 Å². The molecule has 2 saturated heterocycles. The van der Waals surface area contributed by atoms with Gasteiger partial charge in [-0.25, -0.2) is 0 Å². The van der Waals surface area contributed by atoms with Crippen molar-refractivity contribution in [2.45, 2.75) is 51.0 Å². The van der Waals surface area contributed by atoms with Crippen LogP contribution < -0.4 is 14.7 Å². The Labute approximate surface area is 197 Å². The molecule has 2 aromatic carbocycles. The molecule has 8 heteroatoms. The fourth-order valence-corrected chi connectivity index (χ4v) is 4.82. The van der Waals surface area contributed by atoms with Crippen LogP contribution in [0, 0.1) is 5.92 Å². The van der Waals surface area contributed by atoms with Crippen molar-refractivity contribution in [1.29, 1.82) is 0 Å². The van der Waals surface area contributed by atoms with E-state index in [9.17, 15) is 0 Å². The van der Waals surface area contributed by atoms with Crippen LogP contribution in [0.3, 0.4) is 0 Å². The van der Waals surface area contributed by atoms with Gasteiger partial charge in [0.05, 0.1) is 12.7 Å². The number of phosphoric acid groups is 1. The van der Waals surface area contributed by atoms with Crippen molar-refractivity contribution in [1.82, 2.24) is 4.90 Å².